The van der Waals surface area contributed by atoms with Crippen LogP contribution >= 0.6 is 0 Å². The van der Waals surface area contributed by atoms with Crippen LogP contribution in [0, 0.1) is 13.0 Å². The van der Waals surface area contributed by atoms with Gasteiger partial charge in [0.05, 0.1) is 13.1 Å². The van der Waals surface area contributed by atoms with Gasteiger partial charge in [-0.15, -0.1) is 0 Å². The molecule has 2 atom stereocenters. The smallest absolute Gasteiger partial charge is 0.0573 e. The van der Waals surface area contributed by atoms with Crippen molar-refractivity contribution in [2.45, 2.75) is 6.42 Å². The minimum absolute atomic E-state index is 0.891. The third kappa shape index (κ3) is 2.27. The Morgan fingerprint density at radius 1 is 1.60 bits per heavy atom. The molecule has 0 bridgehead atoms. The molecule has 10 heavy (non-hydrogen) atoms. The summed E-state index contributed by atoms with van der Waals surface area (Å²) in [5, 5.41) is 0. The summed E-state index contributed by atoms with van der Waals surface area (Å²) in [6, 6.07) is 0. The van der Waals surface area contributed by atoms with Crippen molar-refractivity contribution in [2.75, 3.05) is 33.7 Å². The zero-order valence-corrected chi connectivity index (χ0v) is 7.06. The minimum atomic E-state index is 0.891. The molecule has 0 aromatic carbocycles. The lowest BCUT2D eigenvalue weighted by Crippen LogP contribution is -3.04. The largest absolute Gasteiger partial charge is 0.468 e. The van der Waals surface area contributed by atoms with E-state index in [-0.39, 0.29) is 0 Å². The van der Waals surface area contributed by atoms with Crippen LogP contribution in [0.3, 0.4) is 0 Å². The van der Waals surface area contributed by atoms with Gasteiger partial charge in [-0.1, -0.05) is 0 Å². The minimum Gasteiger partial charge on any atom is -0.468 e. The third-order valence-electron chi connectivity index (χ3n) is 2.11. The lowest BCUT2D eigenvalue weighted by Gasteiger charge is -2.16. The molecule has 2 nitrogen and oxygen atoms in total. The predicted molar refractivity (Wildman–Crippen MR) is 42.7 cm³/mol. The molecule has 1 saturated heterocycles. The summed E-state index contributed by atoms with van der Waals surface area (Å²) < 4.78 is 0. The molecule has 1 unspecified atom stereocenters. The summed E-state index contributed by atoms with van der Waals surface area (Å²) >= 11 is 0. The average Bonchev–Trinajstić information content (AvgIpc) is 2.13. The molecule has 1 N–H and O–H groups in total. The second-order valence-electron chi connectivity index (χ2n) is 3.62. The van der Waals surface area contributed by atoms with Crippen LogP contribution in [0.15, 0.2) is 0 Å². The standard InChI is InChI=1S/C8H18N2/c1-9(2)6-8-4-5-10(3)7-8/h8,10H,3-7H2,1-2H3/t8-/m1/s1. The van der Waals surface area contributed by atoms with Gasteiger partial charge in [-0.3, -0.25) is 0 Å². The normalized spacial score (nSPS) is 33.6. The summed E-state index contributed by atoms with van der Waals surface area (Å²) in [6.45, 7) is 3.76. The van der Waals surface area contributed by atoms with E-state index in [2.05, 4.69) is 26.0 Å². The quantitative estimate of drug-likeness (QED) is 0.498. The summed E-state index contributed by atoms with van der Waals surface area (Å²) in [7, 11) is 8.27. The van der Waals surface area contributed by atoms with E-state index in [1.165, 1.54) is 31.0 Å². The second kappa shape index (κ2) is 3.35. The van der Waals surface area contributed by atoms with E-state index < -0.39 is 0 Å². The van der Waals surface area contributed by atoms with Crippen LogP contribution in [0.2, 0.25) is 0 Å². The van der Waals surface area contributed by atoms with Gasteiger partial charge in [0.25, 0.3) is 0 Å². The van der Waals surface area contributed by atoms with E-state index in [9.17, 15) is 0 Å². The first kappa shape index (κ1) is 8.02. The molecule has 0 spiro atoms. The molecule has 2 heteroatoms. The SMILES string of the molecule is [CH2-][NH+]1CC[C@H](CN(C)C)C1. The predicted octanol–water partition coefficient (Wildman–Crippen LogP) is -0.756. The molecule has 0 aromatic heterocycles. The Bertz CT molecular complexity index is 101. The van der Waals surface area contributed by atoms with Crippen molar-refractivity contribution in [1.82, 2.24) is 4.90 Å². The molecule has 60 valence electrons. The Hall–Kier alpha value is -0.0800. The number of hydrogen-bond donors (Lipinski definition) is 1. The highest BCUT2D eigenvalue weighted by molar-refractivity contribution is 4.64. The highest BCUT2D eigenvalue weighted by atomic mass is 15.1. The van der Waals surface area contributed by atoms with E-state index >= 15 is 0 Å². The van der Waals surface area contributed by atoms with Gasteiger partial charge in [-0.05, 0) is 14.1 Å². The highest BCUT2D eigenvalue weighted by Gasteiger charge is 2.19. The second-order valence-corrected chi connectivity index (χ2v) is 3.62. The van der Waals surface area contributed by atoms with Gasteiger partial charge in [0.15, 0.2) is 0 Å². The van der Waals surface area contributed by atoms with Crippen LogP contribution in [-0.4, -0.2) is 38.6 Å². The monoisotopic (exact) mass is 142 g/mol. The average molecular weight is 142 g/mol. The number of nitrogens with one attached hydrogen (secondary N) is 1. The fourth-order valence-corrected chi connectivity index (χ4v) is 1.69. The molecule has 0 saturated carbocycles. The van der Waals surface area contributed by atoms with Crippen LogP contribution in [0.1, 0.15) is 6.42 Å². The van der Waals surface area contributed by atoms with Crippen molar-refractivity contribution < 1.29 is 4.90 Å². The Morgan fingerprint density at radius 2 is 2.30 bits per heavy atom. The van der Waals surface area contributed by atoms with Gasteiger partial charge < -0.3 is 9.80 Å². The topological polar surface area (TPSA) is 7.68 Å². The summed E-state index contributed by atoms with van der Waals surface area (Å²) in [4.78, 5) is 3.72. The molecular weight excluding hydrogens is 124 g/mol. The molecule has 0 radical (unpaired) electrons. The molecule has 1 rings (SSSR count). The number of likely N-dealkylation sites (tertiary alicyclic amines) is 1. The van der Waals surface area contributed by atoms with Crippen molar-refractivity contribution >= 4 is 0 Å². The first-order valence-corrected chi connectivity index (χ1v) is 4.00. The van der Waals surface area contributed by atoms with Crippen molar-refractivity contribution in [3.8, 4) is 0 Å². The molecule has 1 aliphatic heterocycles. The Kier molecular flexibility index (Phi) is 2.69. The third-order valence-corrected chi connectivity index (χ3v) is 2.11. The van der Waals surface area contributed by atoms with Crippen LogP contribution in [0.25, 0.3) is 0 Å². The van der Waals surface area contributed by atoms with Gasteiger partial charge in [0.1, 0.15) is 0 Å². The Balaban J connectivity index is 2.18. The van der Waals surface area contributed by atoms with Gasteiger partial charge in [-0.2, -0.15) is 7.05 Å². The summed E-state index contributed by atoms with van der Waals surface area (Å²) in [5.74, 6) is 0.891. The van der Waals surface area contributed by atoms with Crippen LogP contribution < -0.4 is 4.90 Å². The van der Waals surface area contributed by atoms with Crippen molar-refractivity contribution in [1.29, 1.82) is 0 Å². The van der Waals surface area contributed by atoms with E-state index in [0.717, 1.165) is 5.92 Å². The molecular formula is C8H18N2. The van der Waals surface area contributed by atoms with Crippen LogP contribution in [-0.2, 0) is 0 Å². The van der Waals surface area contributed by atoms with Gasteiger partial charge in [0.2, 0.25) is 0 Å². The molecule has 1 aliphatic rings. The van der Waals surface area contributed by atoms with E-state index in [4.69, 9.17) is 0 Å². The fraction of sp³-hybridized carbons (Fsp3) is 0.875. The Labute approximate surface area is 63.8 Å². The maximum absolute atomic E-state index is 3.99. The number of rotatable bonds is 2. The maximum Gasteiger partial charge on any atom is 0.0573 e. The van der Waals surface area contributed by atoms with Crippen molar-refractivity contribution in [2.24, 2.45) is 5.92 Å². The van der Waals surface area contributed by atoms with Crippen molar-refractivity contribution in [3.05, 3.63) is 7.05 Å². The Morgan fingerprint density at radius 3 is 2.70 bits per heavy atom. The molecule has 0 amide bonds. The lowest BCUT2D eigenvalue weighted by atomic mass is 10.1. The highest BCUT2D eigenvalue weighted by Crippen LogP contribution is 2.03. The van der Waals surface area contributed by atoms with Gasteiger partial charge in [0, 0.05) is 18.9 Å². The summed E-state index contributed by atoms with van der Waals surface area (Å²) in [5.41, 5.74) is 0. The zero-order chi connectivity index (χ0) is 7.56. The van der Waals surface area contributed by atoms with E-state index in [1.807, 2.05) is 0 Å². The van der Waals surface area contributed by atoms with E-state index in [1.54, 1.807) is 0 Å². The summed E-state index contributed by atoms with van der Waals surface area (Å²) in [6.07, 6.45) is 1.36. The maximum atomic E-state index is 3.99. The lowest BCUT2D eigenvalue weighted by molar-refractivity contribution is -0.841. The number of hydrogen-bond acceptors (Lipinski definition) is 1. The first-order chi connectivity index (χ1) is 4.68. The first-order valence-electron chi connectivity index (χ1n) is 4.00. The number of nitrogens with zero attached hydrogens (tertiary/aromatic N) is 1. The van der Waals surface area contributed by atoms with Crippen molar-refractivity contribution in [3.63, 3.8) is 0 Å². The van der Waals surface area contributed by atoms with Crippen LogP contribution in [0.4, 0.5) is 0 Å². The fourth-order valence-electron chi connectivity index (χ4n) is 1.69. The van der Waals surface area contributed by atoms with E-state index in [0.29, 0.717) is 0 Å². The van der Waals surface area contributed by atoms with Crippen LogP contribution in [0.5, 0.6) is 0 Å². The molecule has 0 aromatic rings. The zero-order valence-electron chi connectivity index (χ0n) is 7.06. The molecule has 1 fully saturated rings. The number of quaternary nitrogens is 1. The molecule has 1 heterocycles. The molecule has 0 aliphatic carbocycles. The van der Waals surface area contributed by atoms with Gasteiger partial charge in [-0.25, -0.2) is 0 Å². The van der Waals surface area contributed by atoms with Gasteiger partial charge >= 0.3 is 0 Å².